The molecule has 0 aromatic carbocycles. The summed E-state index contributed by atoms with van der Waals surface area (Å²) in [5, 5.41) is 8.92. The maximum atomic E-state index is 10.9. The molecule has 0 atom stereocenters. The van der Waals surface area contributed by atoms with E-state index in [9.17, 15) is 4.79 Å². The van der Waals surface area contributed by atoms with Crippen molar-refractivity contribution in [3.05, 3.63) is 42.2 Å². The molecule has 0 aliphatic rings. The highest BCUT2D eigenvalue weighted by atomic mass is 16.5. The minimum absolute atomic E-state index is 0.00111. The zero-order valence-electron chi connectivity index (χ0n) is 9.83. The molecule has 0 spiro atoms. The lowest BCUT2D eigenvalue weighted by atomic mass is 10.1. The lowest BCUT2D eigenvalue weighted by Gasteiger charge is -2.08. The molecule has 0 amide bonds. The van der Waals surface area contributed by atoms with E-state index in [0.29, 0.717) is 23.7 Å². The molecule has 5 heteroatoms. The summed E-state index contributed by atoms with van der Waals surface area (Å²) in [6, 6.07) is 8.38. The predicted octanol–water partition coefficient (Wildman–Crippen LogP) is 2.24. The Morgan fingerprint density at radius 2 is 2.17 bits per heavy atom. The summed E-state index contributed by atoms with van der Waals surface area (Å²) < 4.78 is 5.39. The van der Waals surface area contributed by atoms with Crippen molar-refractivity contribution >= 4 is 5.97 Å². The standard InChI is InChI=1S/C13H12N2O3/c1-2-18-12-9(5-4-8-14-12)10-6-3-7-11(15-10)13(16)17/h3-8H,2H2,1H3,(H,16,17). The van der Waals surface area contributed by atoms with Gasteiger partial charge in [0.05, 0.1) is 17.9 Å². The molecule has 0 bridgehead atoms. The van der Waals surface area contributed by atoms with E-state index in [1.54, 1.807) is 30.5 Å². The van der Waals surface area contributed by atoms with Gasteiger partial charge in [-0.15, -0.1) is 0 Å². The zero-order valence-corrected chi connectivity index (χ0v) is 9.83. The van der Waals surface area contributed by atoms with Crippen molar-refractivity contribution in [2.45, 2.75) is 6.92 Å². The fourth-order valence-electron chi connectivity index (χ4n) is 1.54. The summed E-state index contributed by atoms with van der Waals surface area (Å²) >= 11 is 0. The van der Waals surface area contributed by atoms with Gasteiger partial charge >= 0.3 is 5.97 Å². The molecular formula is C13H12N2O3. The van der Waals surface area contributed by atoms with Gasteiger partial charge in [-0.3, -0.25) is 0 Å². The van der Waals surface area contributed by atoms with Gasteiger partial charge in [-0.1, -0.05) is 6.07 Å². The molecule has 5 nitrogen and oxygen atoms in total. The first-order chi connectivity index (χ1) is 8.72. The Bertz CT molecular complexity index is 570. The molecule has 2 rings (SSSR count). The molecule has 0 aliphatic carbocycles. The number of rotatable bonds is 4. The maximum Gasteiger partial charge on any atom is 0.354 e. The van der Waals surface area contributed by atoms with E-state index >= 15 is 0 Å². The molecule has 2 heterocycles. The molecular weight excluding hydrogens is 232 g/mol. The number of aromatic carboxylic acids is 1. The summed E-state index contributed by atoms with van der Waals surface area (Å²) in [7, 11) is 0. The highest BCUT2D eigenvalue weighted by Crippen LogP contribution is 2.26. The second-order valence-corrected chi connectivity index (χ2v) is 3.50. The summed E-state index contributed by atoms with van der Waals surface area (Å²) in [5.74, 6) is -0.603. The molecule has 18 heavy (non-hydrogen) atoms. The van der Waals surface area contributed by atoms with Crippen molar-refractivity contribution in [3.8, 4) is 17.1 Å². The maximum absolute atomic E-state index is 10.9. The molecule has 92 valence electrons. The Labute approximate surface area is 104 Å². The number of ether oxygens (including phenoxy) is 1. The number of hydrogen-bond donors (Lipinski definition) is 1. The van der Waals surface area contributed by atoms with Crippen LogP contribution in [0.1, 0.15) is 17.4 Å². The molecule has 2 aromatic heterocycles. The van der Waals surface area contributed by atoms with E-state index in [2.05, 4.69) is 9.97 Å². The van der Waals surface area contributed by atoms with Gasteiger partial charge in [0.1, 0.15) is 5.69 Å². The van der Waals surface area contributed by atoms with Crippen LogP contribution in [-0.2, 0) is 0 Å². The van der Waals surface area contributed by atoms with Crippen LogP contribution in [0.4, 0.5) is 0 Å². The van der Waals surface area contributed by atoms with Gasteiger partial charge in [-0.05, 0) is 31.2 Å². The van der Waals surface area contributed by atoms with E-state index in [0.717, 1.165) is 0 Å². The molecule has 1 N–H and O–H groups in total. The average molecular weight is 244 g/mol. The lowest BCUT2D eigenvalue weighted by Crippen LogP contribution is -2.02. The molecule has 0 aliphatic heterocycles. The Balaban J connectivity index is 2.48. The molecule has 2 aromatic rings. The summed E-state index contributed by atoms with van der Waals surface area (Å²) in [4.78, 5) is 19.1. The van der Waals surface area contributed by atoms with E-state index < -0.39 is 5.97 Å². The van der Waals surface area contributed by atoms with Crippen molar-refractivity contribution in [2.24, 2.45) is 0 Å². The number of carboxylic acids is 1. The predicted molar refractivity (Wildman–Crippen MR) is 65.6 cm³/mol. The molecule has 0 radical (unpaired) electrons. The quantitative estimate of drug-likeness (QED) is 0.892. The second-order valence-electron chi connectivity index (χ2n) is 3.50. The smallest absolute Gasteiger partial charge is 0.354 e. The first kappa shape index (κ1) is 12.0. The number of hydrogen-bond acceptors (Lipinski definition) is 4. The molecule has 0 fully saturated rings. The first-order valence-corrected chi connectivity index (χ1v) is 5.51. The van der Waals surface area contributed by atoms with Crippen LogP contribution >= 0.6 is 0 Å². The number of aromatic nitrogens is 2. The zero-order chi connectivity index (χ0) is 13.0. The minimum Gasteiger partial charge on any atom is -0.477 e. The monoisotopic (exact) mass is 244 g/mol. The van der Waals surface area contributed by atoms with E-state index in [1.807, 2.05) is 6.92 Å². The van der Waals surface area contributed by atoms with Crippen molar-refractivity contribution in [2.75, 3.05) is 6.61 Å². The largest absolute Gasteiger partial charge is 0.477 e. The number of carboxylic acid groups (broad SMARTS) is 1. The summed E-state index contributed by atoms with van der Waals surface area (Å²) in [5.41, 5.74) is 1.22. The number of nitrogens with zero attached hydrogens (tertiary/aromatic N) is 2. The Morgan fingerprint density at radius 1 is 1.33 bits per heavy atom. The van der Waals surface area contributed by atoms with E-state index in [-0.39, 0.29) is 5.69 Å². The lowest BCUT2D eigenvalue weighted by molar-refractivity contribution is 0.0690. The molecule has 0 saturated carbocycles. The van der Waals surface area contributed by atoms with Crippen LogP contribution in [0.3, 0.4) is 0 Å². The highest BCUT2D eigenvalue weighted by molar-refractivity contribution is 5.86. The fraction of sp³-hybridized carbons (Fsp3) is 0.154. The van der Waals surface area contributed by atoms with Crippen molar-refractivity contribution in [1.82, 2.24) is 9.97 Å². The van der Waals surface area contributed by atoms with Gasteiger partial charge in [0.25, 0.3) is 0 Å². The van der Waals surface area contributed by atoms with Gasteiger partial charge in [-0.25, -0.2) is 14.8 Å². The van der Waals surface area contributed by atoms with Gasteiger partial charge in [0, 0.05) is 6.20 Å². The SMILES string of the molecule is CCOc1ncccc1-c1cccc(C(=O)O)n1. The van der Waals surface area contributed by atoms with Crippen LogP contribution in [0.2, 0.25) is 0 Å². The van der Waals surface area contributed by atoms with Crippen LogP contribution in [0.5, 0.6) is 5.88 Å². The molecule has 0 unspecified atom stereocenters. The van der Waals surface area contributed by atoms with E-state index in [1.165, 1.54) is 6.07 Å². The van der Waals surface area contributed by atoms with Crippen LogP contribution in [0.25, 0.3) is 11.3 Å². The van der Waals surface area contributed by atoms with Crippen molar-refractivity contribution < 1.29 is 14.6 Å². The third-order valence-corrected chi connectivity index (χ3v) is 2.30. The van der Waals surface area contributed by atoms with Crippen LogP contribution < -0.4 is 4.74 Å². The van der Waals surface area contributed by atoms with Crippen molar-refractivity contribution in [3.63, 3.8) is 0 Å². The van der Waals surface area contributed by atoms with Crippen LogP contribution in [0.15, 0.2) is 36.5 Å². The highest BCUT2D eigenvalue weighted by Gasteiger charge is 2.11. The molecule has 0 saturated heterocycles. The third kappa shape index (κ3) is 2.45. The van der Waals surface area contributed by atoms with Gasteiger partial charge in [-0.2, -0.15) is 0 Å². The van der Waals surface area contributed by atoms with Gasteiger partial charge in [0.2, 0.25) is 5.88 Å². The normalized spacial score (nSPS) is 10.1. The number of pyridine rings is 2. The minimum atomic E-state index is -1.06. The Kier molecular flexibility index (Phi) is 3.52. The first-order valence-electron chi connectivity index (χ1n) is 5.51. The summed E-state index contributed by atoms with van der Waals surface area (Å²) in [6.07, 6.45) is 1.62. The third-order valence-electron chi connectivity index (χ3n) is 2.30. The second kappa shape index (κ2) is 5.27. The number of carbonyl (C=O) groups is 1. The van der Waals surface area contributed by atoms with Crippen molar-refractivity contribution in [1.29, 1.82) is 0 Å². The van der Waals surface area contributed by atoms with Gasteiger partial charge in [0.15, 0.2) is 0 Å². The Morgan fingerprint density at radius 3 is 2.89 bits per heavy atom. The van der Waals surface area contributed by atoms with Gasteiger partial charge < -0.3 is 9.84 Å². The Hall–Kier alpha value is -2.43. The van der Waals surface area contributed by atoms with Crippen LogP contribution in [0, 0.1) is 0 Å². The van der Waals surface area contributed by atoms with Crippen LogP contribution in [-0.4, -0.2) is 27.7 Å². The van der Waals surface area contributed by atoms with E-state index in [4.69, 9.17) is 9.84 Å². The average Bonchev–Trinajstić information content (AvgIpc) is 2.40. The fourth-order valence-corrected chi connectivity index (χ4v) is 1.54. The topological polar surface area (TPSA) is 72.3 Å². The summed E-state index contributed by atoms with van der Waals surface area (Å²) in [6.45, 7) is 2.35.